The van der Waals surface area contributed by atoms with Crippen molar-refractivity contribution >= 4 is 35.4 Å². The van der Waals surface area contributed by atoms with Crippen LogP contribution in [0.25, 0.3) is 0 Å². The zero-order chi connectivity index (χ0) is 18.4. The lowest BCUT2D eigenvalue weighted by atomic mass is 10.2. The average Bonchev–Trinajstić information content (AvgIpc) is 2.91. The summed E-state index contributed by atoms with van der Waals surface area (Å²) in [5, 5.41) is 4.35. The molecule has 0 atom stereocenters. The van der Waals surface area contributed by atoms with Crippen LogP contribution < -0.4 is 15.5 Å². The number of esters is 1. The first-order chi connectivity index (χ1) is 11.9. The summed E-state index contributed by atoms with van der Waals surface area (Å²) in [5.41, 5.74) is 0.351. The smallest absolute Gasteiger partial charge is 0.338 e. The third-order valence-electron chi connectivity index (χ3n) is 3.32. The van der Waals surface area contributed by atoms with E-state index in [1.54, 1.807) is 6.92 Å². The maximum Gasteiger partial charge on any atom is 0.338 e. The van der Waals surface area contributed by atoms with Gasteiger partial charge in [0.25, 0.3) is 5.91 Å². The maximum atomic E-state index is 12.0. The number of carbonyl (C=O) groups is 5. The molecule has 2 N–H and O–H groups in total. The molecular weight excluding hydrogens is 330 g/mol. The molecule has 0 bridgehead atoms. The van der Waals surface area contributed by atoms with Crippen molar-refractivity contribution < 1.29 is 28.7 Å². The summed E-state index contributed by atoms with van der Waals surface area (Å²) in [6, 6.07) is 5.11. The van der Waals surface area contributed by atoms with E-state index in [1.165, 1.54) is 24.3 Å². The highest BCUT2D eigenvalue weighted by Gasteiger charge is 2.30. The summed E-state index contributed by atoms with van der Waals surface area (Å²) in [5.74, 6) is -2.26. The predicted octanol–water partition coefficient (Wildman–Crippen LogP) is 0.342. The van der Waals surface area contributed by atoms with Gasteiger partial charge in [-0.25, -0.2) is 9.59 Å². The number of urea groups is 1. The molecule has 0 unspecified atom stereocenters. The number of nitrogens with zero attached hydrogens (tertiary/aromatic N) is 1. The molecule has 1 heterocycles. The highest BCUT2D eigenvalue weighted by molar-refractivity contribution is 6.20. The number of amides is 5. The van der Waals surface area contributed by atoms with Crippen LogP contribution in [0, 0.1) is 0 Å². The Hall–Kier alpha value is -3.23. The summed E-state index contributed by atoms with van der Waals surface area (Å²) in [6.07, 6.45) is 0.265. The van der Waals surface area contributed by atoms with Crippen molar-refractivity contribution in [3.05, 3.63) is 29.8 Å². The molecule has 5 amide bonds. The van der Waals surface area contributed by atoms with E-state index < -0.39 is 24.5 Å². The molecule has 25 heavy (non-hydrogen) atoms. The first-order valence-corrected chi connectivity index (χ1v) is 7.63. The highest BCUT2D eigenvalue weighted by Crippen LogP contribution is 2.23. The molecule has 2 rings (SSSR count). The summed E-state index contributed by atoms with van der Waals surface area (Å²) in [6.45, 7) is 1.40. The highest BCUT2D eigenvalue weighted by atomic mass is 16.5. The number of rotatable bonds is 5. The summed E-state index contributed by atoms with van der Waals surface area (Å²) < 4.78 is 4.82. The van der Waals surface area contributed by atoms with Crippen molar-refractivity contribution in [3.8, 4) is 0 Å². The van der Waals surface area contributed by atoms with Gasteiger partial charge in [0, 0.05) is 19.4 Å². The van der Waals surface area contributed by atoms with Crippen LogP contribution >= 0.6 is 0 Å². The molecular formula is C16H17N3O6. The monoisotopic (exact) mass is 347 g/mol. The third kappa shape index (κ3) is 4.63. The topological polar surface area (TPSA) is 122 Å². The number of imide groups is 2. The number of benzene rings is 1. The molecule has 1 aromatic rings. The van der Waals surface area contributed by atoms with Crippen LogP contribution in [-0.2, 0) is 19.1 Å². The van der Waals surface area contributed by atoms with Crippen LogP contribution in [-0.4, -0.2) is 42.9 Å². The molecule has 0 aromatic heterocycles. The molecule has 0 aliphatic carbocycles. The first-order valence-electron chi connectivity index (χ1n) is 7.63. The van der Waals surface area contributed by atoms with Gasteiger partial charge in [-0.15, -0.1) is 0 Å². The average molecular weight is 347 g/mol. The number of carbonyl (C=O) groups excluding carboxylic acids is 5. The Bertz CT molecular complexity index is 714. The van der Waals surface area contributed by atoms with Crippen LogP contribution in [0.3, 0.4) is 0 Å². The second-order valence-electron chi connectivity index (χ2n) is 5.16. The Balaban J connectivity index is 1.97. The van der Waals surface area contributed by atoms with Crippen LogP contribution in [0.5, 0.6) is 0 Å². The zero-order valence-corrected chi connectivity index (χ0v) is 13.5. The fraction of sp³-hybridized carbons (Fsp3) is 0.312. The van der Waals surface area contributed by atoms with E-state index in [0.717, 1.165) is 4.90 Å². The zero-order valence-electron chi connectivity index (χ0n) is 13.5. The van der Waals surface area contributed by atoms with E-state index in [2.05, 4.69) is 5.32 Å². The lowest BCUT2D eigenvalue weighted by molar-refractivity contribution is -0.123. The van der Waals surface area contributed by atoms with E-state index >= 15 is 0 Å². The molecule has 9 nitrogen and oxygen atoms in total. The lowest BCUT2D eigenvalue weighted by Crippen LogP contribution is -2.41. The number of anilines is 1. The van der Waals surface area contributed by atoms with Gasteiger partial charge in [-0.05, 0) is 25.1 Å². The van der Waals surface area contributed by atoms with Gasteiger partial charge >= 0.3 is 12.0 Å². The standard InChI is InChI=1S/C16H17N3O6/c1-2-17-16(24)18-12(20)9-25-15(23)10-4-3-5-11(8-10)19-13(21)6-7-14(19)22/h3-5,8H,2,6-7,9H2,1H3,(H2,17,18,20,24). The van der Waals surface area contributed by atoms with E-state index in [9.17, 15) is 24.0 Å². The van der Waals surface area contributed by atoms with Crippen LogP contribution in [0.1, 0.15) is 30.1 Å². The van der Waals surface area contributed by atoms with Gasteiger partial charge in [-0.1, -0.05) is 6.07 Å². The number of nitrogens with one attached hydrogen (secondary N) is 2. The van der Waals surface area contributed by atoms with Gasteiger partial charge in [0.05, 0.1) is 11.3 Å². The molecule has 1 fully saturated rings. The normalized spacial score (nSPS) is 13.6. The van der Waals surface area contributed by atoms with E-state index in [1.807, 2.05) is 5.32 Å². The third-order valence-corrected chi connectivity index (χ3v) is 3.32. The van der Waals surface area contributed by atoms with Crippen molar-refractivity contribution in [2.24, 2.45) is 0 Å². The van der Waals surface area contributed by atoms with Gasteiger partial charge in [0.2, 0.25) is 11.8 Å². The maximum absolute atomic E-state index is 12.0. The van der Waals surface area contributed by atoms with E-state index in [0.29, 0.717) is 6.54 Å². The molecule has 1 aliphatic heterocycles. The predicted molar refractivity (Wildman–Crippen MR) is 85.7 cm³/mol. The van der Waals surface area contributed by atoms with Crippen molar-refractivity contribution in [2.45, 2.75) is 19.8 Å². The van der Waals surface area contributed by atoms with Gasteiger partial charge in [0.15, 0.2) is 6.61 Å². The van der Waals surface area contributed by atoms with Gasteiger partial charge in [-0.3, -0.25) is 24.6 Å². The molecule has 132 valence electrons. The first kappa shape index (κ1) is 18.1. The molecule has 0 radical (unpaired) electrons. The van der Waals surface area contributed by atoms with Crippen LogP contribution in [0.4, 0.5) is 10.5 Å². The Morgan fingerprint density at radius 2 is 1.84 bits per heavy atom. The van der Waals surface area contributed by atoms with Crippen molar-refractivity contribution in [2.75, 3.05) is 18.1 Å². The van der Waals surface area contributed by atoms with Crippen LogP contribution in [0.2, 0.25) is 0 Å². The molecule has 0 spiro atoms. The van der Waals surface area contributed by atoms with Crippen molar-refractivity contribution in [1.82, 2.24) is 10.6 Å². The number of hydrogen-bond acceptors (Lipinski definition) is 6. The molecule has 9 heteroatoms. The largest absolute Gasteiger partial charge is 0.452 e. The molecule has 1 saturated heterocycles. The number of ether oxygens (including phenoxy) is 1. The van der Waals surface area contributed by atoms with Gasteiger partial charge in [-0.2, -0.15) is 0 Å². The minimum Gasteiger partial charge on any atom is -0.452 e. The molecule has 1 aliphatic rings. The quantitative estimate of drug-likeness (QED) is 0.585. The minimum atomic E-state index is -0.813. The molecule has 0 saturated carbocycles. The summed E-state index contributed by atoms with van der Waals surface area (Å²) in [7, 11) is 0. The van der Waals surface area contributed by atoms with E-state index in [-0.39, 0.29) is 35.9 Å². The van der Waals surface area contributed by atoms with Crippen LogP contribution in [0.15, 0.2) is 24.3 Å². The number of hydrogen-bond donors (Lipinski definition) is 2. The van der Waals surface area contributed by atoms with Crippen molar-refractivity contribution in [3.63, 3.8) is 0 Å². The van der Waals surface area contributed by atoms with Crippen molar-refractivity contribution in [1.29, 1.82) is 0 Å². The SMILES string of the molecule is CCNC(=O)NC(=O)COC(=O)c1cccc(N2C(=O)CCC2=O)c1. The lowest BCUT2D eigenvalue weighted by Gasteiger charge is -2.14. The summed E-state index contributed by atoms with van der Waals surface area (Å²) >= 11 is 0. The van der Waals surface area contributed by atoms with Gasteiger partial charge in [0.1, 0.15) is 0 Å². The second-order valence-corrected chi connectivity index (χ2v) is 5.16. The molecule has 1 aromatic carbocycles. The Kier molecular flexibility index (Phi) is 5.83. The Labute approximate surface area is 143 Å². The van der Waals surface area contributed by atoms with Gasteiger partial charge < -0.3 is 10.1 Å². The minimum absolute atomic E-state index is 0.0795. The van der Waals surface area contributed by atoms with E-state index in [4.69, 9.17) is 4.74 Å². The fourth-order valence-corrected chi connectivity index (χ4v) is 2.22. The second kappa shape index (κ2) is 8.04. The Morgan fingerprint density at radius 1 is 1.16 bits per heavy atom. The fourth-order valence-electron chi connectivity index (χ4n) is 2.22. The Morgan fingerprint density at radius 3 is 2.48 bits per heavy atom. The summed E-state index contributed by atoms with van der Waals surface area (Å²) in [4.78, 5) is 59.1.